The molecule has 0 aromatic carbocycles. The first-order valence-electron chi connectivity index (χ1n) is 8.72. The molecule has 7 nitrogen and oxygen atoms in total. The Morgan fingerprint density at radius 2 is 2.00 bits per heavy atom. The van der Waals surface area contributed by atoms with Crippen LogP contribution < -0.4 is 10.9 Å². The number of amides is 1. The van der Waals surface area contributed by atoms with Gasteiger partial charge in [-0.1, -0.05) is 6.42 Å². The monoisotopic (exact) mass is 352 g/mol. The molecule has 1 saturated carbocycles. The zero-order chi connectivity index (χ0) is 18.4. The van der Waals surface area contributed by atoms with Crippen molar-refractivity contribution in [2.24, 2.45) is 0 Å². The Morgan fingerprint density at radius 1 is 1.23 bits per heavy atom. The van der Waals surface area contributed by atoms with Crippen LogP contribution in [0.1, 0.15) is 58.2 Å². The molecule has 3 heterocycles. The summed E-state index contributed by atoms with van der Waals surface area (Å²) < 4.78 is 7.04. The number of fused-ring (bicyclic) bond motifs is 1. The van der Waals surface area contributed by atoms with Crippen molar-refractivity contribution in [2.75, 3.05) is 5.32 Å². The Morgan fingerprint density at radius 3 is 2.65 bits per heavy atom. The highest BCUT2D eigenvalue weighted by atomic mass is 16.4. The number of hydrogen-bond acceptors (Lipinski definition) is 5. The summed E-state index contributed by atoms with van der Waals surface area (Å²) in [5, 5.41) is 7.02. The molecule has 4 rings (SSSR count). The van der Waals surface area contributed by atoms with Crippen molar-refractivity contribution in [2.45, 2.75) is 46.0 Å². The summed E-state index contributed by atoms with van der Waals surface area (Å²) >= 11 is 0. The quantitative estimate of drug-likeness (QED) is 0.782. The van der Waals surface area contributed by atoms with Crippen LogP contribution in [-0.2, 0) is 0 Å². The fourth-order valence-electron chi connectivity index (χ4n) is 3.33. The molecule has 26 heavy (non-hydrogen) atoms. The molecule has 3 aromatic rings. The van der Waals surface area contributed by atoms with Crippen molar-refractivity contribution < 1.29 is 9.21 Å². The first-order chi connectivity index (χ1) is 12.4. The lowest BCUT2D eigenvalue weighted by atomic mass is 9.83. The van der Waals surface area contributed by atoms with E-state index in [1.165, 1.54) is 0 Å². The van der Waals surface area contributed by atoms with Gasteiger partial charge in [-0.3, -0.25) is 4.79 Å². The number of rotatable bonds is 3. The van der Waals surface area contributed by atoms with Gasteiger partial charge in [-0.25, -0.2) is 14.3 Å². The van der Waals surface area contributed by atoms with Crippen molar-refractivity contribution in [1.29, 1.82) is 0 Å². The van der Waals surface area contributed by atoms with Crippen LogP contribution in [0.15, 0.2) is 27.4 Å². The molecule has 1 aliphatic rings. The van der Waals surface area contributed by atoms with Crippen molar-refractivity contribution in [3.63, 3.8) is 0 Å². The van der Waals surface area contributed by atoms with E-state index in [1.54, 1.807) is 23.6 Å². The summed E-state index contributed by atoms with van der Waals surface area (Å²) in [5.41, 5.74) is 2.46. The van der Waals surface area contributed by atoms with E-state index >= 15 is 0 Å². The average molecular weight is 352 g/mol. The summed E-state index contributed by atoms with van der Waals surface area (Å²) in [6.07, 6.45) is 3.21. The van der Waals surface area contributed by atoms with E-state index in [1.807, 2.05) is 19.9 Å². The second kappa shape index (κ2) is 6.09. The van der Waals surface area contributed by atoms with Gasteiger partial charge in [-0.15, -0.1) is 5.10 Å². The van der Waals surface area contributed by atoms with E-state index < -0.39 is 11.5 Å². The molecule has 1 N–H and O–H groups in total. The number of aryl methyl sites for hydroxylation is 3. The van der Waals surface area contributed by atoms with Crippen LogP contribution >= 0.6 is 0 Å². The van der Waals surface area contributed by atoms with Crippen LogP contribution in [0.25, 0.3) is 5.65 Å². The van der Waals surface area contributed by atoms with Crippen LogP contribution in [0.3, 0.4) is 0 Å². The van der Waals surface area contributed by atoms with E-state index in [0.717, 1.165) is 30.7 Å². The summed E-state index contributed by atoms with van der Waals surface area (Å²) in [4.78, 5) is 29.3. The maximum absolute atomic E-state index is 12.6. The largest absolute Gasteiger partial charge is 0.427 e. The van der Waals surface area contributed by atoms with Gasteiger partial charge in [0.05, 0.1) is 0 Å². The molecule has 134 valence electrons. The zero-order valence-corrected chi connectivity index (χ0v) is 15.0. The third-order valence-electron chi connectivity index (χ3n) is 4.88. The maximum atomic E-state index is 12.6. The predicted molar refractivity (Wildman–Crippen MR) is 96.7 cm³/mol. The lowest BCUT2D eigenvalue weighted by molar-refractivity contribution is 0.102. The molecule has 1 fully saturated rings. The third kappa shape index (κ3) is 2.79. The molecular weight excluding hydrogens is 332 g/mol. The van der Waals surface area contributed by atoms with E-state index in [0.29, 0.717) is 28.7 Å². The molecule has 7 heteroatoms. The van der Waals surface area contributed by atoms with Gasteiger partial charge in [0, 0.05) is 23.4 Å². The maximum Gasteiger partial charge on any atom is 0.349 e. The number of nitrogens with one attached hydrogen (secondary N) is 1. The van der Waals surface area contributed by atoms with Crippen LogP contribution in [0.2, 0.25) is 0 Å². The van der Waals surface area contributed by atoms with Gasteiger partial charge in [-0.2, -0.15) is 0 Å². The fraction of sp³-hybridized carbons (Fsp3) is 0.368. The van der Waals surface area contributed by atoms with Gasteiger partial charge in [0.1, 0.15) is 11.3 Å². The number of hydrogen-bond donors (Lipinski definition) is 1. The second-order valence-electron chi connectivity index (χ2n) is 6.91. The van der Waals surface area contributed by atoms with Gasteiger partial charge in [0.15, 0.2) is 11.5 Å². The van der Waals surface area contributed by atoms with Crippen molar-refractivity contribution in [1.82, 2.24) is 14.6 Å². The highest BCUT2D eigenvalue weighted by molar-refractivity contribution is 6.04. The van der Waals surface area contributed by atoms with Crippen LogP contribution in [-0.4, -0.2) is 20.5 Å². The molecular formula is C19H20N4O3. The summed E-state index contributed by atoms with van der Waals surface area (Å²) in [6, 6.07) is 5.39. The zero-order valence-electron chi connectivity index (χ0n) is 15.0. The Bertz CT molecular complexity index is 1080. The minimum Gasteiger partial charge on any atom is -0.427 e. The Labute approximate surface area is 150 Å². The Hall–Kier alpha value is -2.96. The molecule has 0 unspecified atom stereocenters. The van der Waals surface area contributed by atoms with Gasteiger partial charge in [0.25, 0.3) is 5.91 Å². The van der Waals surface area contributed by atoms with E-state index in [9.17, 15) is 9.59 Å². The molecule has 0 atom stereocenters. The SMILES string of the molecule is Cc1cc(C)n2nc(NC(=O)c3c(C)cc(C4CCC4)oc3=O)cc2n1. The summed E-state index contributed by atoms with van der Waals surface area (Å²) in [5.74, 6) is 0.805. The normalized spacial score (nSPS) is 14.4. The minimum atomic E-state index is -0.599. The lowest BCUT2D eigenvalue weighted by Gasteiger charge is -2.24. The number of carbonyl (C=O) groups is 1. The molecule has 0 spiro atoms. The van der Waals surface area contributed by atoms with Crippen molar-refractivity contribution >= 4 is 17.4 Å². The topological polar surface area (TPSA) is 89.5 Å². The molecule has 0 bridgehead atoms. The van der Waals surface area contributed by atoms with E-state index in [2.05, 4.69) is 15.4 Å². The number of aromatic nitrogens is 3. The number of nitrogens with zero attached hydrogens (tertiary/aromatic N) is 3. The highest BCUT2D eigenvalue weighted by Gasteiger charge is 2.25. The first kappa shape index (κ1) is 16.5. The first-order valence-corrected chi connectivity index (χ1v) is 8.72. The predicted octanol–water partition coefficient (Wildman–Crippen LogP) is 3.13. The van der Waals surface area contributed by atoms with Crippen LogP contribution in [0, 0.1) is 20.8 Å². The van der Waals surface area contributed by atoms with Crippen LogP contribution in [0.4, 0.5) is 5.82 Å². The molecule has 0 aliphatic heterocycles. The molecule has 0 radical (unpaired) electrons. The Balaban J connectivity index is 1.64. The average Bonchev–Trinajstić information content (AvgIpc) is 2.87. The minimum absolute atomic E-state index is 0.0194. The highest BCUT2D eigenvalue weighted by Crippen LogP contribution is 2.36. The lowest BCUT2D eigenvalue weighted by Crippen LogP contribution is -2.24. The smallest absolute Gasteiger partial charge is 0.349 e. The van der Waals surface area contributed by atoms with Crippen molar-refractivity contribution in [3.8, 4) is 0 Å². The molecule has 1 amide bonds. The van der Waals surface area contributed by atoms with Gasteiger partial charge in [0.2, 0.25) is 0 Å². The van der Waals surface area contributed by atoms with Crippen LogP contribution in [0.5, 0.6) is 0 Å². The molecule has 0 saturated heterocycles. The molecule has 1 aliphatic carbocycles. The summed E-state index contributed by atoms with van der Waals surface area (Å²) in [6.45, 7) is 5.57. The standard InChI is InChI=1S/C19H20N4O3/c1-10-7-14(13-5-4-6-13)26-19(25)17(10)18(24)21-15-9-16-20-11(2)8-12(3)23(16)22-15/h7-9,13H,4-6H2,1-3H3,(H,21,22,24). The van der Waals surface area contributed by atoms with Gasteiger partial charge in [-0.05, 0) is 51.3 Å². The number of carbonyl (C=O) groups excluding carboxylic acids is 1. The third-order valence-corrected chi connectivity index (χ3v) is 4.88. The molecule has 3 aromatic heterocycles. The van der Waals surface area contributed by atoms with Crippen molar-refractivity contribution in [3.05, 3.63) is 56.9 Å². The van der Waals surface area contributed by atoms with E-state index in [-0.39, 0.29) is 5.56 Å². The Kier molecular flexibility index (Phi) is 3.86. The van der Waals surface area contributed by atoms with Gasteiger partial charge < -0.3 is 9.73 Å². The van der Waals surface area contributed by atoms with Gasteiger partial charge >= 0.3 is 5.63 Å². The van der Waals surface area contributed by atoms with E-state index in [4.69, 9.17) is 4.42 Å². The summed E-state index contributed by atoms with van der Waals surface area (Å²) in [7, 11) is 0. The number of anilines is 1. The fourth-order valence-corrected chi connectivity index (χ4v) is 3.33. The second-order valence-corrected chi connectivity index (χ2v) is 6.91.